The second kappa shape index (κ2) is 11.8. The van der Waals surface area contributed by atoms with Crippen LogP contribution in [0.3, 0.4) is 0 Å². The molecular weight excluding hydrogens is 328 g/mol. The van der Waals surface area contributed by atoms with E-state index in [-0.39, 0.29) is 12.1 Å². The van der Waals surface area contributed by atoms with Crippen LogP contribution in [0, 0.1) is 0 Å². The fourth-order valence-corrected chi connectivity index (χ4v) is 4.91. The van der Waals surface area contributed by atoms with Gasteiger partial charge in [-0.2, -0.15) is 0 Å². The van der Waals surface area contributed by atoms with Crippen LogP contribution in [0.2, 0.25) is 18.1 Å². The van der Waals surface area contributed by atoms with Gasteiger partial charge in [-0.3, -0.25) is 4.79 Å². The molecule has 138 valence electrons. The molecule has 0 saturated carbocycles. The van der Waals surface area contributed by atoms with Crippen molar-refractivity contribution in [3.8, 4) is 0 Å². The zero-order valence-corrected chi connectivity index (χ0v) is 16.2. The molecule has 0 aliphatic heterocycles. The highest BCUT2D eigenvalue weighted by molar-refractivity contribution is 6.74. The standard InChI is InChI=1S/C17H30O6Si/c1-5-24(6-2,7-3)23-17(21)11-9-8-10-14(4)22-16(20)13-12-15(18)19/h12-14H,5-11H2,1-4H3,(H,18,19)/b13-12+. The number of hydrogen-bond acceptors (Lipinski definition) is 5. The van der Waals surface area contributed by atoms with Gasteiger partial charge in [-0.25, -0.2) is 9.59 Å². The molecule has 0 fully saturated rings. The molecule has 6 nitrogen and oxygen atoms in total. The van der Waals surface area contributed by atoms with E-state index < -0.39 is 20.3 Å². The van der Waals surface area contributed by atoms with Crippen LogP contribution < -0.4 is 0 Å². The van der Waals surface area contributed by atoms with Crippen molar-refractivity contribution in [1.82, 2.24) is 0 Å². The molecule has 7 heteroatoms. The molecule has 0 saturated heterocycles. The number of ether oxygens (including phenoxy) is 1. The SMILES string of the molecule is CC[Si](CC)(CC)OC(=O)CCCCC(C)OC(=O)/C=C/C(=O)O. The summed E-state index contributed by atoms with van der Waals surface area (Å²) in [5, 5.41) is 8.42. The van der Waals surface area contributed by atoms with E-state index in [9.17, 15) is 14.4 Å². The minimum absolute atomic E-state index is 0.124. The van der Waals surface area contributed by atoms with Crippen LogP contribution in [0.15, 0.2) is 12.2 Å². The van der Waals surface area contributed by atoms with Crippen molar-refractivity contribution >= 4 is 26.2 Å². The van der Waals surface area contributed by atoms with Crippen molar-refractivity contribution in [2.24, 2.45) is 0 Å². The first kappa shape index (κ1) is 22.4. The van der Waals surface area contributed by atoms with E-state index in [1.54, 1.807) is 6.92 Å². The highest BCUT2D eigenvalue weighted by Crippen LogP contribution is 2.22. The molecule has 0 aliphatic carbocycles. The molecule has 0 radical (unpaired) electrons. The molecule has 0 aromatic rings. The first-order chi connectivity index (χ1) is 11.3. The van der Waals surface area contributed by atoms with Gasteiger partial charge in [0, 0.05) is 18.6 Å². The van der Waals surface area contributed by atoms with Gasteiger partial charge < -0.3 is 14.3 Å². The van der Waals surface area contributed by atoms with Crippen LogP contribution in [0.5, 0.6) is 0 Å². The quantitative estimate of drug-likeness (QED) is 0.248. The first-order valence-electron chi connectivity index (χ1n) is 8.62. The molecule has 0 spiro atoms. The second-order valence-electron chi connectivity index (χ2n) is 5.88. The third-order valence-electron chi connectivity index (χ3n) is 4.18. The van der Waals surface area contributed by atoms with Crippen LogP contribution in [-0.4, -0.2) is 37.4 Å². The topological polar surface area (TPSA) is 89.9 Å². The lowest BCUT2D eigenvalue weighted by atomic mass is 10.1. The maximum atomic E-state index is 12.0. The minimum atomic E-state index is -1.88. The summed E-state index contributed by atoms with van der Waals surface area (Å²) in [5.41, 5.74) is 0. The van der Waals surface area contributed by atoms with E-state index in [0.717, 1.165) is 36.7 Å². The van der Waals surface area contributed by atoms with Gasteiger partial charge in [0.25, 0.3) is 14.3 Å². The van der Waals surface area contributed by atoms with E-state index in [4.69, 9.17) is 14.3 Å². The summed E-state index contributed by atoms with van der Waals surface area (Å²) in [7, 11) is -1.88. The number of rotatable bonds is 12. The molecule has 0 heterocycles. The Morgan fingerprint density at radius 3 is 2.12 bits per heavy atom. The van der Waals surface area contributed by atoms with Gasteiger partial charge >= 0.3 is 11.9 Å². The van der Waals surface area contributed by atoms with E-state index in [0.29, 0.717) is 19.3 Å². The lowest BCUT2D eigenvalue weighted by Gasteiger charge is -2.27. The molecule has 0 amide bonds. The van der Waals surface area contributed by atoms with E-state index >= 15 is 0 Å². The third kappa shape index (κ3) is 9.49. The van der Waals surface area contributed by atoms with Crippen molar-refractivity contribution in [1.29, 1.82) is 0 Å². The predicted molar refractivity (Wildman–Crippen MR) is 94.1 cm³/mol. The largest absolute Gasteiger partial charge is 0.519 e. The van der Waals surface area contributed by atoms with Gasteiger partial charge in [-0.1, -0.05) is 20.8 Å². The zero-order chi connectivity index (χ0) is 18.6. The molecule has 0 aromatic carbocycles. The predicted octanol–water partition coefficient (Wildman–Crippen LogP) is 3.67. The van der Waals surface area contributed by atoms with Crippen molar-refractivity contribution < 1.29 is 28.7 Å². The van der Waals surface area contributed by atoms with Gasteiger partial charge in [-0.05, 0) is 44.3 Å². The van der Waals surface area contributed by atoms with Crippen LogP contribution in [0.4, 0.5) is 0 Å². The zero-order valence-electron chi connectivity index (χ0n) is 15.2. The van der Waals surface area contributed by atoms with Gasteiger partial charge in [0.1, 0.15) is 0 Å². The highest BCUT2D eigenvalue weighted by atomic mass is 28.4. The summed E-state index contributed by atoms with van der Waals surface area (Å²) in [5.74, 6) is -1.99. The van der Waals surface area contributed by atoms with Crippen molar-refractivity contribution in [3.05, 3.63) is 12.2 Å². The van der Waals surface area contributed by atoms with Crippen molar-refractivity contribution in [3.63, 3.8) is 0 Å². The van der Waals surface area contributed by atoms with Gasteiger partial charge in [0.05, 0.1) is 6.10 Å². The Morgan fingerprint density at radius 1 is 1.04 bits per heavy atom. The van der Waals surface area contributed by atoms with Crippen LogP contribution >= 0.6 is 0 Å². The summed E-state index contributed by atoms with van der Waals surface area (Å²) < 4.78 is 10.8. The fourth-order valence-electron chi connectivity index (χ4n) is 2.40. The number of unbranched alkanes of at least 4 members (excludes halogenated alkanes) is 1. The number of carboxylic acids is 1. The smallest absolute Gasteiger partial charge is 0.331 e. The molecule has 1 N–H and O–H groups in total. The normalized spacial score (nSPS) is 12.8. The van der Waals surface area contributed by atoms with Gasteiger partial charge in [-0.15, -0.1) is 0 Å². The maximum Gasteiger partial charge on any atom is 0.331 e. The van der Waals surface area contributed by atoms with Gasteiger partial charge in [0.15, 0.2) is 0 Å². The Kier molecular flexibility index (Phi) is 11.0. The van der Waals surface area contributed by atoms with Crippen LogP contribution in [0.25, 0.3) is 0 Å². The molecule has 0 bridgehead atoms. The Balaban J connectivity index is 4.02. The Morgan fingerprint density at radius 2 is 1.62 bits per heavy atom. The van der Waals surface area contributed by atoms with Crippen molar-refractivity contribution in [2.75, 3.05) is 0 Å². The molecule has 0 aliphatic rings. The molecule has 1 unspecified atom stereocenters. The molecular formula is C17H30O6Si. The lowest BCUT2D eigenvalue weighted by Crippen LogP contribution is -2.38. The average Bonchev–Trinajstić information content (AvgIpc) is 2.55. The monoisotopic (exact) mass is 358 g/mol. The molecule has 1 atom stereocenters. The molecule has 0 aromatic heterocycles. The van der Waals surface area contributed by atoms with Crippen LogP contribution in [-0.2, 0) is 23.5 Å². The molecule has 0 rings (SSSR count). The Hall–Kier alpha value is -1.63. The minimum Gasteiger partial charge on any atom is -0.519 e. The van der Waals surface area contributed by atoms with E-state index in [2.05, 4.69) is 20.8 Å². The average molecular weight is 359 g/mol. The summed E-state index contributed by atoms with van der Waals surface area (Å²) in [6, 6.07) is 2.84. The number of carboxylic acid groups (broad SMARTS) is 1. The Bertz CT molecular complexity index is 434. The summed E-state index contributed by atoms with van der Waals surface area (Å²) >= 11 is 0. The molecule has 24 heavy (non-hydrogen) atoms. The number of aliphatic carboxylic acids is 1. The van der Waals surface area contributed by atoms with Crippen molar-refractivity contribution in [2.45, 2.75) is 77.6 Å². The second-order valence-corrected chi connectivity index (χ2v) is 10.6. The van der Waals surface area contributed by atoms with E-state index in [1.807, 2.05) is 0 Å². The Labute approximate surface area is 145 Å². The van der Waals surface area contributed by atoms with Crippen LogP contribution in [0.1, 0.15) is 53.4 Å². The lowest BCUT2D eigenvalue weighted by molar-refractivity contribution is -0.143. The number of esters is 1. The highest BCUT2D eigenvalue weighted by Gasteiger charge is 2.32. The number of carbonyl (C=O) groups is 3. The maximum absolute atomic E-state index is 12.0. The first-order valence-corrected chi connectivity index (χ1v) is 11.1. The third-order valence-corrected chi connectivity index (χ3v) is 8.71. The summed E-state index contributed by atoms with van der Waals surface area (Å²) in [6.07, 6.45) is 3.75. The van der Waals surface area contributed by atoms with Gasteiger partial charge in [0.2, 0.25) is 0 Å². The number of carbonyl (C=O) groups excluding carboxylic acids is 2. The number of hydrogen-bond donors (Lipinski definition) is 1. The van der Waals surface area contributed by atoms with E-state index in [1.165, 1.54) is 0 Å². The fraction of sp³-hybridized carbons (Fsp3) is 0.706. The summed E-state index contributed by atoms with van der Waals surface area (Å²) in [4.78, 5) is 33.6. The summed E-state index contributed by atoms with van der Waals surface area (Å²) in [6.45, 7) is 8.00.